The summed E-state index contributed by atoms with van der Waals surface area (Å²) in [6.45, 7) is 3.48. The fraction of sp³-hybridized carbons (Fsp3) is 0.688. The monoisotopic (exact) mass is 353 g/mol. The van der Waals surface area contributed by atoms with Gasteiger partial charge < -0.3 is 10.2 Å². The molecule has 2 aliphatic rings. The minimum absolute atomic E-state index is 0.0952. The van der Waals surface area contributed by atoms with Crippen molar-refractivity contribution in [3.05, 3.63) is 17.4 Å². The highest BCUT2D eigenvalue weighted by Crippen LogP contribution is 2.30. The molecule has 2 saturated heterocycles. The second kappa shape index (κ2) is 7.11. The Kier molecular flexibility index (Phi) is 5.10. The van der Waals surface area contributed by atoms with Crippen LogP contribution in [-0.2, 0) is 16.1 Å². The van der Waals surface area contributed by atoms with E-state index < -0.39 is 0 Å². The second-order valence-electron chi connectivity index (χ2n) is 6.73. The highest BCUT2D eigenvalue weighted by Gasteiger charge is 2.41. The summed E-state index contributed by atoms with van der Waals surface area (Å²) in [5.41, 5.74) is -0.0952. The third-order valence-corrected chi connectivity index (χ3v) is 5.43. The smallest absolute Gasteiger partial charge is 0.224 e. The summed E-state index contributed by atoms with van der Waals surface area (Å²) in [5, 5.41) is 7.63. The van der Waals surface area contributed by atoms with Gasteiger partial charge in [0.15, 0.2) is 0 Å². The van der Waals surface area contributed by atoms with Gasteiger partial charge in [0.1, 0.15) is 0 Å². The van der Waals surface area contributed by atoms with Crippen molar-refractivity contribution in [1.82, 2.24) is 24.9 Å². The Hall–Kier alpha value is -1.60. The van der Waals surface area contributed by atoms with Crippen LogP contribution in [0, 0.1) is 0 Å². The third-order valence-electron chi connectivity index (χ3n) is 5.24. The van der Waals surface area contributed by atoms with E-state index in [0.29, 0.717) is 37.5 Å². The van der Waals surface area contributed by atoms with Gasteiger partial charge in [0.25, 0.3) is 0 Å². The number of likely N-dealkylation sites (N-methyl/N-ethyl adjacent to an activating group) is 1. The summed E-state index contributed by atoms with van der Waals surface area (Å²) in [6, 6.07) is 0. The number of rotatable bonds is 3. The normalized spacial score (nSPS) is 25.6. The van der Waals surface area contributed by atoms with Gasteiger partial charge in [-0.1, -0.05) is 11.6 Å². The molecule has 132 valence electrons. The van der Waals surface area contributed by atoms with E-state index in [4.69, 9.17) is 11.6 Å². The molecule has 3 rings (SSSR count). The lowest BCUT2D eigenvalue weighted by molar-refractivity contribution is -0.137. The zero-order chi connectivity index (χ0) is 17.2. The first kappa shape index (κ1) is 17.2. The van der Waals surface area contributed by atoms with Crippen LogP contribution in [0.4, 0.5) is 0 Å². The Morgan fingerprint density at radius 3 is 3.00 bits per heavy atom. The van der Waals surface area contributed by atoms with Gasteiger partial charge in [-0.3, -0.25) is 19.2 Å². The van der Waals surface area contributed by atoms with Crippen LogP contribution < -0.4 is 5.32 Å². The number of aryl methyl sites for hydroxylation is 1. The molecule has 2 amide bonds. The Labute approximate surface area is 146 Å². The van der Waals surface area contributed by atoms with Crippen LogP contribution in [0.5, 0.6) is 0 Å². The van der Waals surface area contributed by atoms with Crippen LogP contribution in [0.2, 0.25) is 5.02 Å². The molecule has 1 N–H and O–H groups in total. The largest absolute Gasteiger partial charge is 0.356 e. The molecule has 1 unspecified atom stereocenters. The number of hydrogen-bond donors (Lipinski definition) is 1. The first-order chi connectivity index (χ1) is 11.5. The molecule has 24 heavy (non-hydrogen) atoms. The average Bonchev–Trinajstić information content (AvgIpc) is 2.89. The van der Waals surface area contributed by atoms with E-state index in [1.165, 1.54) is 0 Å². The van der Waals surface area contributed by atoms with Gasteiger partial charge in [-0.05, 0) is 19.9 Å². The van der Waals surface area contributed by atoms with E-state index in [0.717, 1.165) is 25.9 Å². The summed E-state index contributed by atoms with van der Waals surface area (Å²) in [6.07, 6.45) is 5.92. The fourth-order valence-electron chi connectivity index (χ4n) is 3.64. The lowest BCUT2D eigenvalue weighted by atomic mass is 9.86. The van der Waals surface area contributed by atoms with Gasteiger partial charge in [-0.25, -0.2) is 0 Å². The zero-order valence-electron chi connectivity index (χ0n) is 14.0. The van der Waals surface area contributed by atoms with Crippen LogP contribution >= 0.6 is 11.6 Å². The van der Waals surface area contributed by atoms with Gasteiger partial charge in [-0.15, -0.1) is 0 Å². The summed E-state index contributed by atoms with van der Waals surface area (Å²) in [4.78, 5) is 28.5. The molecule has 2 aliphatic heterocycles. The molecular formula is C16H24ClN5O2. The predicted molar refractivity (Wildman–Crippen MR) is 90.7 cm³/mol. The zero-order valence-corrected chi connectivity index (χ0v) is 14.8. The maximum atomic E-state index is 12.6. The number of halogens is 1. The predicted octanol–water partition coefficient (Wildman–Crippen LogP) is 0.739. The van der Waals surface area contributed by atoms with Crippen molar-refractivity contribution >= 4 is 23.4 Å². The molecule has 1 aromatic heterocycles. The molecule has 2 fully saturated rings. The number of piperazine rings is 1. The fourth-order valence-corrected chi connectivity index (χ4v) is 3.80. The number of carbonyl (C=O) groups excluding carboxylic acids is 2. The quantitative estimate of drug-likeness (QED) is 0.870. The van der Waals surface area contributed by atoms with Crippen molar-refractivity contribution in [2.75, 3.05) is 33.2 Å². The van der Waals surface area contributed by atoms with Crippen molar-refractivity contribution in [1.29, 1.82) is 0 Å². The average molecular weight is 354 g/mol. The maximum Gasteiger partial charge on any atom is 0.224 e. The molecule has 0 radical (unpaired) electrons. The minimum Gasteiger partial charge on any atom is -0.356 e. The van der Waals surface area contributed by atoms with E-state index in [1.54, 1.807) is 17.1 Å². The van der Waals surface area contributed by atoms with Crippen LogP contribution in [0.1, 0.15) is 25.7 Å². The van der Waals surface area contributed by atoms with Crippen molar-refractivity contribution in [3.8, 4) is 0 Å². The molecule has 3 heterocycles. The van der Waals surface area contributed by atoms with E-state index in [2.05, 4.69) is 22.4 Å². The molecule has 0 aliphatic carbocycles. The van der Waals surface area contributed by atoms with Crippen LogP contribution in [0.25, 0.3) is 0 Å². The Balaban J connectivity index is 1.61. The third kappa shape index (κ3) is 3.72. The SMILES string of the molecule is CN1CCN(C(=O)CCn2cc(Cl)cn2)CC12CCNC(=O)CC2. The number of aromatic nitrogens is 2. The summed E-state index contributed by atoms with van der Waals surface area (Å²) >= 11 is 5.85. The summed E-state index contributed by atoms with van der Waals surface area (Å²) < 4.78 is 1.69. The van der Waals surface area contributed by atoms with Gasteiger partial charge in [0.05, 0.1) is 11.2 Å². The second-order valence-corrected chi connectivity index (χ2v) is 7.17. The molecule has 1 aromatic rings. The molecule has 8 heteroatoms. The molecule has 0 saturated carbocycles. The van der Waals surface area contributed by atoms with Gasteiger partial charge >= 0.3 is 0 Å². The Morgan fingerprint density at radius 1 is 1.42 bits per heavy atom. The van der Waals surface area contributed by atoms with Gasteiger partial charge in [0.2, 0.25) is 11.8 Å². The lowest BCUT2D eigenvalue weighted by Gasteiger charge is -2.49. The van der Waals surface area contributed by atoms with Crippen LogP contribution in [0.3, 0.4) is 0 Å². The minimum atomic E-state index is -0.0952. The molecule has 1 spiro atoms. The van der Waals surface area contributed by atoms with E-state index in [9.17, 15) is 9.59 Å². The number of nitrogens with zero attached hydrogens (tertiary/aromatic N) is 4. The lowest BCUT2D eigenvalue weighted by Crippen LogP contribution is -2.62. The number of hydrogen-bond acceptors (Lipinski definition) is 4. The molecule has 0 aromatic carbocycles. The summed E-state index contributed by atoms with van der Waals surface area (Å²) in [7, 11) is 2.10. The van der Waals surface area contributed by atoms with E-state index >= 15 is 0 Å². The van der Waals surface area contributed by atoms with Crippen molar-refractivity contribution in [2.45, 2.75) is 37.8 Å². The molecule has 0 bridgehead atoms. The molecule has 1 atom stereocenters. The van der Waals surface area contributed by atoms with E-state index in [-0.39, 0.29) is 17.4 Å². The van der Waals surface area contributed by atoms with Crippen molar-refractivity contribution in [3.63, 3.8) is 0 Å². The van der Waals surface area contributed by atoms with Crippen LogP contribution in [0.15, 0.2) is 12.4 Å². The standard InChI is InChI=1S/C16H24ClN5O2/c1-20-8-9-21(12-16(20)4-2-14(23)18-6-5-16)15(24)3-7-22-11-13(17)10-19-22/h10-11H,2-9,12H2,1H3,(H,18,23). The van der Waals surface area contributed by atoms with Gasteiger partial charge in [-0.2, -0.15) is 5.10 Å². The van der Waals surface area contributed by atoms with Crippen LogP contribution in [-0.4, -0.2) is 70.2 Å². The topological polar surface area (TPSA) is 70.5 Å². The first-order valence-corrected chi connectivity index (χ1v) is 8.80. The van der Waals surface area contributed by atoms with Crippen molar-refractivity contribution in [2.24, 2.45) is 0 Å². The number of amides is 2. The first-order valence-electron chi connectivity index (χ1n) is 8.42. The maximum absolute atomic E-state index is 12.6. The summed E-state index contributed by atoms with van der Waals surface area (Å²) in [5.74, 6) is 0.247. The Morgan fingerprint density at radius 2 is 2.25 bits per heavy atom. The Bertz CT molecular complexity index is 619. The van der Waals surface area contributed by atoms with Crippen molar-refractivity contribution < 1.29 is 9.59 Å². The highest BCUT2D eigenvalue weighted by atomic mass is 35.5. The number of nitrogens with one attached hydrogen (secondary N) is 1. The molecular weight excluding hydrogens is 330 g/mol. The highest BCUT2D eigenvalue weighted by molar-refractivity contribution is 6.30. The molecule has 7 nitrogen and oxygen atoms in total. The van der Waals surface area contributed by atoms with E-state index in [1.807, 2.05) is 4.90 Å². The van der Waals surface area contributed by atoms with Gasteiger partial charge in [0, 0.05) is 57.3 Å². The number of carbonyl (C=O) groups is 2.